The van der Waals surface area contributed by atoms with Crippen LogP contribution in [-0.2, 0) is 20.7 Å². The number of oxazole rings is 1. The largest absolute Gasteiger partial charge is 0.469 e. The fourth-order valence-electron chi connectivity index (χ4n) is 2.91. The van der Waals surface area contributed by atoms with Crippen LogP contribution in [0.15, 0.2) is 59.1 Å². The normalized spacial score (nSPS) is 11.7. The van der Waals surface area contributed by atoms with Crippen molar-refractivity contribution < 1.29 is 23.1 Å². The van der Waals surface area contributed by atoms with Crippen LogP contribution in [0.5, 0.6) is 0 Å². The number of carbonyl (C=O) groups is 2. The highest BCUT2D eigenvalue weighted by Crippen LogP contribution is 2.26. The number of methoxy groups -OCH3 is 1. The van der Waals surface area contributed by atoms with E-state index < -0.39 is 12.0 Å². The second kappa shape index (κ2) is 10.0. The summed E-state index contributed by atoms with van der Waals surface area (Å²) in [6, 6.07) is 12.2. The molecule has 1 aromatic heterocycles. The highest BCUT2D eigenvalue weighted by atomic mass is 35.5. The van der Waals surface area contributed by atoms with Gasteiger partial charge in [0.05, 0.1) is 25.8 Å². The first kappa shape index (κ1) is 21.5. The Morgan fingerprint density at radius 3 is 2.63 bits per heavy atom. The molecular weight excluding hydrogens is 411 g/mol. The number of esters is 1. The van der Waals surface area contributed by atoms with Gasteiger partial charge in [-0.2, -0.15) is 0 Å². The molecule has 0 aliphatic rings. The minimum absolute atomic E-state index is 0.0420. The summed E-state index contributed by atoms with van der Waals surface area (Å²) < 4.78 is 23.4. The maximum atomic E-state index is 13.0. The number of aryl methyl sites for hydroxylation is 1. The van der Waals surface area contributed by atoms with Gasteiger partial charge in [-0.05, 0) is 35.9 Å². The van der Waals surface area contributed by atoms with Crippen LogP contribution in [0.4, 0.5) is 4.39 Å². The second-order valence-corrected chi connectivity index (χ2v) is 6.95. The molecule has 1 atom stereocenters. The Morgan fingerprint density at radius 1 is 1.20 bits per heavy atom. The zero-order valence-corrected chi connectivity index (χ0v) is 17.0. The third-order valence-corrected chi connectivity index (χ3v) is 4.81. The Balaban J connectivity index is 1.62. The molecule has 0 saturated carbocycles. The smallest absolute Gasteiger partial charge is 0.307 e. The monoisotopic (exact) mass is 430 g/mol. The number of hydrogen-bond donors (Lipinski definition) is 1. The molecule has 0 aliphatic heterocycles. The first-order valence-electron chi connectivity index (χ1n) is 9.27. The number of amides is 1. The molecule has 3 rings (SSSR count). The van der Waals surface area contributed by atoms with Crippen LogP contribution >= 0.6 is 11.6 Å². The van der Waals surface area contributed by atoms with Gasteiger partial charge < -0.3 is 14.5 Å². The third-order valence-electron chi connectivity index (χ3n) is 4.46. The lowest BCUT2D eigenvalue weighted by molar-refractivity contribution is -0.141. The summed E-state index contributed by atoms with van der Waals surface area (Å²) in [5.41, 5.74) is 1.32. The van der Waals surface area contributed by atoms with Crippen LogP contribution in [0.2, 0.25) is 5.02 Å². The van der Waals surface area contributed by atoms with Crippen LogP contribution in [0, 0.1) is 5.82 Å². The quantitative estimate of drug-likeness (QED) is 0.532. The van der Waals surface area contributed by atoms with Crippen LogP contribution in [0.25, 0.3) is 11.3 Å². The van der Waals surface area contributed by atoms with Crippen molar-refractivity contribution in [1.29, 1.82) is 0 Å². The number of benzene rings is 2. The molecule has 1 unspecified atom stereocenters. The van der Waals surface area contributed by atoms with Gasteiger partial charge in [0.1, 0.15) is 5.82 Å². The first-order valence-corrected chi connectivity index (χ1v) is 9.65. The molecule has 156 valence electrons. The lowest BCUT2D eigenvalue weighted by Gasteiger charge is -2.19. The van der Waals surface area contributed by atoms with Crippen molar-refractivity contribution in [3.63, 3.8) is 0 Å². The molecule has 6 nitrogen and oxygen atoms in total. The molecule has 2 aromatic carbocycles. The summed E-state index contributed by atoms with van der Waals surface area (Å²) in [7, 11) is 1.29. The van der Waals surface area contributed by atoms with Crippen molar-refractivity contribution in [2.75, 3.05) is 7.11 Å². The van der Waals surface area contributed by atoms with Crippen LogP contribution in [-0.4, -0.2) is 24.0 Å². The zero-order chi connectivity index (χ0) is 21.5. The van der Waals surface area contributed by atoms with E-state index in [0.29, 0.717) is 27.8 Å². The van der Waals surface area contributed by atoms with Gasteiger partial charge in [0.25, 0.3) is 0 Å². The number of carbonyl (C=O) groups excluding carboxylic acids is 2. The van der Waals surface area contributed by atoms with Crippen LogP contribution in [0.1, 0.15) is 30.3 Å². The summed E-state index contributed by atoms with van der Waals surface area (Å²) >= 11 is 6.22. The van der Waals surface area contributed by atoms with Crippen LogP contribution in [0.3, 0.4) is 0 Å². The third kappa shape index (κ3) is 5.67. The van der Waals surface area contributed by atoms with E-state index in [1.807, 2.05) is 0 Å². The van der Waals surface area contributed by atoms with E-state index in [0.717, 1.165) is 0 Å². The Morgan fingerprint density at radius 2 is 1.93 bits per heavy atom. The molecule has 0 fully saturated rings. The number of nitrogens with zero attached hydrogens (tertiary/aromatic N) is 1. The van der Waals surface area contributed by atoms with E-state index in [4.69, 9.17) is 20.8 Å². The summed E-state index contributed by atoms with van der Waals surface area (Å²) in [5.74, 6) is -0.214. The van der Waals surface area contributed by atoms with Crippen molar-refractivity contribution in [2.45, 2.75) is 25.3 Å². The molecule has 0 spiro atoms. The van der Waals surface area contributed by atoms with Gasteiger partial charge in [0.2, 0.25) is 5.91 Å². The van der Waals surface area contributed by atoms with Crippen molar-refractivity contribution >= 4 is 23.5 Å². The second-order valence-electron chi connectivity index (χ2n) is 6.55. The average Bonchev–Trinajstić information content (AvgIpc) is 3.21. The van der Waals surface area contributed by atoms with Crippen molar-refractivity contribution in [3.8, 4) is 11.3 Å². The molecule has 30 heavy (non-hydrogen) atoms. The SMILES string of the molecule is COC(=O)CC(NC(=O)CCc1ncc(-c2ccc(F)cc2)o1)c1ccccc1Cl. The lowest BCUT2D eigenvalue weighted by atomic mass is 10.0. The highest BCUT2D eigenvalue weighted by Gasteiger charge is 2.21. The van der Waals surface area contributed by atoms with E-state index >= 15 is 0 Å². The molecule has 1 heterocycles. The van der Waals surface area contributed by atoms with E-state index in [1.54, 1.807) is 36.4 Å². The lowest BCUT2D eigenvalue weighted by Crippen LogP contribution is -2.30. The van der Waals surface area contributed by atoms with Gasteiger partial charge in [-0.25, -0.2) is 9.37 Å². The van der Waals surface area contributed by atoms with Gasteiger partial charge in [-0.1, -0.05) is 29.8 Å². The molecule has 8 heteroatoms. The van der Waals surface area contributed by atoms with Gasteiger partial charge in [0.15, 0.2) is 11.7 Å². The standard InChI is InChI=1S/C22H20ClFN2O4/c1-29-22(28)12-18(16-4-2-3-5-17(16)23)26-20(27)10-11-21-25-13-19(30-21)14-6-8-15(24)9-7-14/h2-9,13,18H,10-12H2,1H3,(H,26,27). The van der Waals surface area contributed by atoms with E-state index in [2.05, 4.69) is 10.3 Å². The number of halogens is 2. The van der Waals surface area contributed by atoms with Gasteiger partial charge in [-0.15, -0.1) is 0 Å². The first-order chi connectivity index (χ1) is 14.5. The topological polar surface area (TPSA) is 81.4 Å². The number of hydrogen-bond acceptors (Lipinski definition) is 5. The predicted octanol–water partition coefficient (Wildman–Crippen LogP) is 4.49. The van der Waals surface area contributed by atoms with E-state index in [1.165, 1.54) is 25.4 Å². The molecule has 0 aliphatic carbocycles. The van der Waals surface area contributed by atoms with Crippen molar-refractivity contribution in [1.82, 2.24) is 10.3 Å². The fraction of sp³-hybridized carbons (Fsp3) is 0.227. The number of aromatic nitrogens is 1. The minimum atomic E-state index is -0.613. The zero-order valence-electron chi connectivity index (χ0n) is 16.2. The Labute approximate surface area is 178 Å². The summed E-state index contributed by atoms with van der Waals surface area (Å²) in [6.45, 7) is 0. The molecule has 0 saturated heterocycles. The Hall–Kier alpha value is -3.19. The molecule has 1 N–H and O–H groups in total. The summed E-state index contributed by atoms with van der Waals surface area (Å²) in [4.78, 5) is 28.4. The maximum Gasteiger partial charge on any atom is 0.307 e. The Kier molecular flexibility index (Phi) is 7.19. The van der Waals surface area contributed by atoms with E-state index in [9.17, 15) is 14.0 Å². The average molecular weight is 431 g/mol. The number of nitrogens with one attached hydrogen (secondary N) is 1. The van der Waals surface area contributed by atoms with Crippen LogP contribution < -0.4 is 5.32 Å². The van der Waals surface area contributed by atoms with Crippen molar-refractivity contribution in [3.05, 3.63) is 77.0 Å². The summed E-state index contributed by atoms with van der Waals surface area (Å²) in [5, 5.41) is 3.27. The predicted molar refractivity (Wildman–Crippen MR) is 109 cm³/mol. The van der Waals surface area contributed by atoms with Gasteiger partial charge >= 0.3 is 5.97 Å². The highest BCUT2D eigenvalue weighted by molar-refractivity contribution is 6.31. The number of rotatable bonds is 8. The molecule has 1 amide bonds. The fourth-order valence-corrected chi connectivity index (χ4v) is 3.17. The maximum absolute atomic E-state index is 13.0. The Bertz CT molecular complexity index is 1020. The molecule has 0 radical (unpaired) electrons. The number of ether oxygens (including phenoxy) is 1. The minimum Gasteiger partial charge on any atom is -0.469 e. The molecule has 0 bridgehead atoms. The molecule has 3 aromatic rings. The van der Waals surface area contributed by atoms with Crippen molar-refractivity contribution in [2.24, 2.45) is 0 Å². The van der Waals surface area contributed by atoms with Gasteiger partial charge in [-0.3, -0.25) is 9.59 Å². The molecular formula is C22H20ClFN2O4. The summed E-state index contributed by atoms with van der Waals surface area (Å²) in [6.07, 6.45) is 1.86. The van der Waals surface area contributed by atoms with E-state index in [-0.39, 0.29) is 31.0 Å². The van der Waals surface area contributed by atoms with Gasteiger partial charge in [0, 0.05) is 23.4 Å².